The first-order chi connectivity index (χ1) is 12.2. The Labute approximate surface area is 166 Å². The number of hydrogen-bond acceptors (Lipinski definition) is 5. The van der Waals surface area contributed by atoms with Crippen LogP contribution in [0.3, 0.4) is 0 Å². The van der Waals surface area contributed by atoms with Crippen molar-refractivity contribution in [2.24, 2.45) is 0 Å². The van der Waals surface area contributed by atoms with Crippen LogP contribution in [0.2, 0.25) is 0 Å². The van der Waals surface area contributed by atoms with Crippen molar-refractivity contribution in [3.05, 3.63) is 52.5 Å². The van der Waals surface area contributed by atoms with E-state index in [1.807, 2.05) is 24.3 Å². The number of phenolic OH excluding ortho intramolecular Hbond substituents is 1. The largest absolute Gasteiger partial charge is 0.506 e. The van der Waals surface area contributed by atoms with Crippen molar-refractivity contribution >= 4 is 49.1 Å². The van der Waals surface area contributed by atoms with E-state index in [1.54, 1.807) is 13.8 Å². The Morgan fingerprint density at radius 1 is 1.23 bits per heavy atom. The second-order valence-electron chi connectivity index (χ2n) is 5.65. The van der Waals surface area contributed by atoms with Crippen molar-refractivity contribution in [1.82, 2.24) is 0 Å². The summed E-state index contributed by atoms with van der Waals surface area (Å²) in [7, 11) is -3.41. The number of carbonyl (C=O) groups excluding carboxylic acids is 1. The van der Waals surface area contributed by atoms with Crippen LogP contribution in [0.1, 0.15) is 19.4 Å². The lowest BCUT2D eigenvalue weighted by Gasteiger charge is -2.14. The van der Waals surface area contributed by atoms with Crippen molar-refractivity contribution in [2.45, 2.75) is 29.7 Å². The molecule has 2 aromatic carbocycles. The van der Waals surface area contributed by atoms with Crippen LogP contribution in [-0.4, -0.2) is 30.4 Å². The summed E-state index contributed by atoms with van der Waals surface area (Å²) in [5, 5.41) is 12.2. The van der Waals surface area contributed by atoms with E-state index in [1.165, 1.54) is 30.0 Å². The Hall–Kier alpha value is -1.51. The van der Waals surface area contributed by atoms with Gasteiger partial charge in [0.05, 0.1) is 21.6 Å². The number of carbonyl (C=O) groups is 1. The smallest absolute Gasteiger partial charge is 0.237 e. The highest BCUT2D eigenvalue weighted by Gasteiger charge is 2.18. The van der Waals surface area contributed by atoms with E-state index in [9.17, 15) is 18.3 Å². The van der Waals surface area contributed by atoms with Gasteiger partial charge in [0.25, 0.3) is 0 Å². The number of aromatic hydroxyl groups is 1. The number of benzene rings is 2. The molecule has 1 atom stereocenters. The normalized spacial score (nSPS) is 12.6. The molecule has 2 N–H and O–H groups in total. The van der Waals surface area contributed by atoms with E-state index in [4.69, 9.17) is 0 Å². The van der Waals surface area contributed by atoms with E-state index >= 15 is 0 Å². The average Bonchev–Trinajstić information content (AvgIpc) is 2.62. The Morgan fingerprint density at radius 2 is 1.88 bits per heavy atom. The summed E-state index contributed by atoms with van der Waals surface area (Å²) in [4.78, 5) is 12.4. The lowest BCUT2D eigenvalue weighted by molar-refractivity contribution is -0.115. The zero-order valence-corrected chi connectivity index (χ0v) is 17.6. The lowest BCUT2D eigenvalue weighted by Crippen LogP contribution is -2.22. The number of thioether (sulfide) groups is 1. The molecule has 1 unspecified atom stereocenters. The highest BCUT2D eigenvalue weighted by molar-refractivity contribution is 9.10. The summed E-state index contributed by atoms with van der Waals surface area (Å²) in [5.41, 5.74) is 1.19. The van der Waals surface area contributed by atoms with Gasteiger partial charge >= 0.3 is 0 Å². The van der Waals surface area contributed by atoms with Gasteiger partial charge in [0.2, 0.25) is 5.91 Å². The molecule has 8 heteroatoms. The molecule has 2 aromatic rings. The molecule has 0 fully saturated rings. The van der Waals surface area contributed by atoms with Crippen molar-refractivity contribution in [3.8, 4) is 5.75 Å². The summed E-state index contributed by atoms with van der Waals surface area (Å²) in [6.07, 6.45) is 0. The van der Waals surface area contributed by atoms with Crippen LogP contribution in [-0.2, 0) is 20.4 Å². The minimum Gasteiger partial charge on any atom is -0.506 e. The first kappa shape index (κ1) is 20.8. The lowest BCUT2D eigenvalue weighted by atomic mass is 10.2. The fourth-order valence-corrected chi connectivity index (χ4v) is 4.10. The van der Waals surface area contributed by atoms with Crippen molar-refractivity contribution in [2.75, 3.05) is 11.1 Å². The summed E-state index contributed by atoms with van der Waals surface area (Å²) >= 11 is 4.84. The molecule has 26 heavy (non-hydrogen) atoms. The molecular weight excluding hydrogens is 438 g/mol. The van der Waals surface area contributed by atoms with Crippen LogP contribution in [0.25, 0.3) is 0 Å². The zero-order valence-electron chi connectivity index (χ0n) is 14.4. The molecule has 0 bridgehead atoms. The number of nitrogens with one attached hydrogen (secondary N) is 1. The minimum absolute atomic E-state index is 0.0510. The minimum atomic E-state index is -3.41. The van der Waals surface area contributed by atoms with Gasteiger partial charge in [-0.05, 0) is 42.8 Å². The van der Waals surface area contributed by atoms with Crippen LogP contribution in [0.15, 0.2) is 51.8 Å². The molecule has 5 nitrogen and oxygen atoms in total. The highest BCUT2D eigenvalue weighted by Crippen LogP contribution is 2.28. The second kappa shape index (κ2) is 8.92. The SMILES string of the molecule is CCS(=O)(=O)c1ccc(O)c(NC(=O)C(C)SCc2ccc(Br)cc2)c1. The number of halogens is 1. The Morgan fingerprint density at radius 3 is 2.50 bits per heavy atom. The topological polar surface area (TPSA) is 83.5 Å². The van der Waals surface area contributed by atoms with Crippen molar-refractivity contribution in [1.29, 1.82) is 0 Å². The number of hydrogen-bond donors (Lipinski definition) is 2. The van der Waals surface area contributed by atoms with E-state index in [-0.39, 0.29) is 33.2 Å². The standard InChI is InChI=1S/C18H20BrNO4S2/c1-3-26(23,24)15-8-9-17(21)16(10-15)20-18(22)12(2)25-11-13-4-6-14(19)7-5-13/h4-10,12,21H,3,11H2,1-2H3,(H,20,22). The molecule has 140 valence electrons. The maximum Gasteiger partial charge on any atom is 0.237 e. The molecule has 0 aliphatic carbocycles. The second-order valence-corrected chi connectivity index (χ2v) is 10.2. The fourth-order valence-electron chi connectivity index (χ4n) is 2.09. The number of amides is 1. The molecule has 0 aromatic heterocycles. The third-order valence-corrected chi connectivity index (χ3v) is 7.22. The molecule has 1 amide bonds. The predicted octanol–water partition coefficient (Wildman–Crippen LogP) is 4.21. The van der Waals surface area contributed by atoms with Crippen LogP contribution >= 0.6 is 27.7 Å². The van der Waals surface area contributed by atoms with Gasteiger partial charge in [-0.15, -0.1) is 11.8 Å². The molecule has 0 spiro atoms. The van der Waals surface area contributed by atoms with E-state index in [2.05, 4.69) is 21.2 Å². The first-order valence-electron chi connectivity index (χ1n) is 7.95. The number of sulfone groups is 1. The van der Waals surface area contributed by atoms with Gasteiger partial charge in [-0.1, -0.05) is 35.0 Å². The summed E-state index contributed by atoms with van der Waals surface area (Å²) < 4.78 is 24.9. The molecule has 0 aliphatic heterocycles. The van der Waals surface area contributed by atoms with Gasteiger partial charge in [0.15, 0.2) is 9.84 Å². The summed E-state index contributed by atoms with van der Waals surface area (Å²) in [5.74, 6) is 0.148. The van der Waals surface area contributed by atoms with Gasteiger partial charge in [-0.3, -0.25) is 4.79 Å². The first-order valence-corrected chi connectivity index (χ1v) is 11.4. The molecule has 0 heterocycles. The van der Waals surface area contributed by atoms with Crippen LogP contribution in [0, 0.1) is 0 Å². The van der Waals surface area contributed by atoms with E-state index in [0.29, 0.717) is 5.75 Å². The molecule has 0 saturated carbocycles. The third-order valence-electron chi connectivity index (χ3n) is 3.75. The monoisotopic (exact) mass is 457 g/mol. The number of anilines is 1. The van der Waals surface area contributed by atoms with Gasteiger partial charge < -0.3 is 10.4 Å². The van der Waals surface area contributed by atoms with Crippen molar-refractivity contribution in [3.63, 3.8) is 0 Å². The van der Waals surface area contributed by atoms with E-state index < -0.39 is 9.84 Å². The fraction of sp³-hybridized carbons (Fsp3) is 0.278. The zero-order chi connectivity index (χ0) is 19.3. The maximum atomic E-state index is 12.4. The third kappa shape index (κ3) is 5.49. The number of phenols is 1. The summed E-state index contributed by atoms with van der Waals surface area (Å²) in [6, 6.07) is 11.7. The van der Waals surface area contributed by atoms with Gasteiger partial charge in [0.1, 0.15) is 5.75 Å². The van der Waals surface area contributed by atoms with Gasteiger partial charge in [0, 0.05) is 10.2 Å². The Kier molecular flexibility index (Phi) is 7.14. The quantitative estimate of drug-likeness (QED) is 0.608. The highest BCUT2D eigenvalue weighted by atomic mass is 79.9. The molecule has 2 rings (SSSR count). The van der Waals surface area contributed by atoms with Gasteiger partial charge in [-0.2, -0.15) is 0 Å². The van der Waals surface area contributed by atoms with Crippen LogP contribution < -0.4 is 5.32 Å². The van der Waals surface area contributed by atoms with E-state index in [0.717, 1.165) is 10.0 Å². The average molecular weight is 458 g/mol. The van der Waals surface area contributed by atoms with Crippen LogP contribution in [0.4, 0.5) is 5.69 Å². The summed E-state index contributed by atoms with van der Waals surface area (Å²) in [6.45, 7) is 3.31. The maximum absolute atomic E-state index is 12.4. The Balaban J connectivity index is 2.04. The molecule has 0 aliphatic rings. The molecule has 0 radical (unpaired) electrons. The number of rotatable bonds is 7. The van der Waals surface area contributed by atoms with Crippen molar-refractivity contribution < 1.29 is 18.3 Å². The Bertz CT molecular complexity index is 883. The van der Waals surface area contributed by atoms with Gasteiger partial charge in [-0.25, -0.2) is 8.42 Å². The van der Waals surface area contributed by atoms with Crippen LogP contribution in [0.5, 0.6) is 5.75 Å². The molecule has 0 saturated heterocycles. The molecular formula is C18H20BrNO4S2. The predicted molar refractivity (Wildman–Crippen MR) is 109 cm³/mol.